The molecule has 0 fully saturated rings. The lowest BCUT2D eigenvalue weighted by molar-refractivity contribution is -0.142. The Kier molecular flexibility index (Phi) is 6.85. The molecule has 27 heavy (non-hydrogen) atoms. The van der Waals surface area contributed by atoms with Crippen molar-refractivity contribution in [2.24, 2.45) is 0 Å². The summed E-state index contributed by atoms with van der Waals surface area (Å²) in [4.78, 5) is 38.7. The molecule has 0 N–H and O–H groups in total. The molecule has 6 nitrogen and oxygen atoms in total. The van der Waals surface area contributed by atoms with Gasteiger partial charge in [-0.05, 0) is 56.5 Å². The number of hydrogen-bond donors (Lipinski definition) is 0. The lowest BCUT2D eigenvalue weighted by Crippen LogP contribution is -2.46. The van der Waals surface area contributed by atoms with Gasteiger partial charge < -0.3 is 9.15 Å². The third-order valence-electron chi connectivity index (χ3n) is 4.39. The summed E-state index contributed by atoms with van der Waals surface area (Å²) in [5, 5.41) is -0.336. The molecule has 2 aromatic rings. The van der Waals surface area contributed by atoms with Gasteiger partial charge in [0.2, 0.25) is 5.91 Å². The highest BCUT2D eigenvalue weighted by Crippen LogP contribution is 2.30. The SMILES string of the molecule is COC(=O)C(C)N(C(=O)CSC(=O)c1ccco1)c1c(C)ccc(C)c1C. The molecular weight excluding hydrogens is 366 g/mol. The number of amides is 1. The van der Waals surface area contributed by atoms with Gasteiger partial charge in [-0.25, -0.2) is 4.79 Å². The molecule has 144 valence electrons. The zero-order chi connectivity index (χ0) is 20.1. The van der Waals surface area contributed by atoms with E-state index in [1.165, 1.54) is 18.3 Å². The normalized spacial score (nSPS) is 11.7. The molecule has 1 unspecified atom stereocenters. The van der Waals surface area contributed by atoms with Gasteiger partial charge >= 0.3 is 5.97 Å². The number of carbonyl (C=O) groups is 3. The fourth-order valence-corrected chi connectivity index (χ4v) is 3.43. The van der Waals surface area contributed by atoms with E-state index in [-0.39, 0.29) is 22.5 Å². The summed E-state index contributed by atoms with van der Waals surface area (Å²) in [5.74, 6) is -0.808. The number of anilines is 1. The van der Waals surface area contributed by atoms with Crippen LogP contribution >= 0.6 is 11.8 Å². The second kappa shape index (κ2) is 8.90. The fraction of sp³-hybridized carbons (Fsp3) is 0.350. The summed E-state index contributed by atoms with van der Waals surface area (Å²) >= 11 is 0.842. The van der Waals surface area contributed by atoms with Crippen LogP contribution in [0.25, 0.3) is 0 Å². The minimum atomic E-state index is -0.819. The first kappa shape index (κ1) is 20.8. The van der Waals surface area contributed by atoms with E-state index in [0.29, 0.717) is 5.69 Å². The second-order valence-corrected chi connectivity index (χ2v) is 7.14. The van der Waals surface area contributed by atoms with Crippen LogP contribution in [0.1, 0.15) is 34.2 Å². The van der Waals surface area contributed by atoms with Gasteiger partial charge in [-0.3, -0.25) is 14.5 Å². The minimum Gasteiger partial charge on any atom is -0.467 e. The first-order valence-electron chi connectivity index (χ1n) is 8.45. The summed E-state index contributed by atoms with van der Waals surface area (Å²) in [6.07, 6.45) is 1.40. The van der Waals surface area contributed by atoms with Crippen molar-refractivity contribution in [2.45, 2.75) is 33.7 Å². The van der Waals surface area contributed by atoms with Gasteiger partial charge in [0.1, 0.15) is 6.04 Å². The molecule has 0 spiro atoms. The number of methoxy groups -OCH3 is 1. The van der Waals surface area contributed by atoms with Crippen molar-refractivity contribution in [1.29, 1.82) is 0 Å². The number of thioether (sulfide) groups is 1. The smallest absolute Gasteiger partial charge is 0.328 e. The van der Waals surface area contributed by atoms with Gasteiger partial charge in [0, 0.05) is 0 Å². The van der Waals surface area contributed by atoms with E-state index < -0.39 is 12.0 Å². The monoisotopic (exact) mass is 389 g/mol. The van der Waals surface area contributed by atoms with Crippen LogP contribution in [0, 0.1) is 20.8 Å². The van der Waals surface area contributed by atoms with E-state index in [9.17, 15) is 14.4 Å². The van der Waals surface area contributed by atoms with Crippen molar-refractivity contribution in [1.82, 2.24) is 0 Å². The first-order chi connectivity index (χ1) is 12.8. The van der Waals surface area contributed by atoms with Crippen LogP contribution < -0.4 is 4.90 Å². The van der Waals surface area contributed by atoms with E-state index in [2.05, 4.69) is 0 Å². The van der Waals surface area contributed by atoms with Crippen molar-refractivity contribution in [3.05, 3.63) is 53.0 Å². The third kappa shape index (κ3) is 4.60. The quantitative estimate of drug-likeness (QED) is 0.702. The lowest BCUT2D eigenvalue weighted by atomic mass is 10.0. The van der Waals surface area contributed by atoms with Crippen molar-refractivity contribution >= 4 is 34.4 Å². The first-order valence-corrected chi connectivity index (χ1v) is 9.43. The van der Waals surface area contributed by atoms with Crippen molar-refractivity contribution in [2.75, 3.05) is 17.8 Å². The summed E-state index contributed by atoms with van der Waals surface area (Å²) < 4.78 is 9.90. The Morgan fingerprint density at radius 1 is 1.15 bits per heavy atom. The predicted octanol–water partition coefficient (Wildman–Crippen LogP) is 3.67. The number of ether oxygens (including phenoxy) is 1. The highest BCUT2D eigenvalue weighted by Gasteiger charge is 2.31. The zero-order valence-corrected chi connectivity index (χ0v) is 16.9. The Morgan fingerprint density at radius 3 is 2.41 bits per heavy atom. The second-order valence-electron chi connectivity index (χ2n) is 6.19. The standard InChI is InChI=1S/C20H23NO5S/c1-12-8-9-13(2)18(14(12)3)21(15(4)19(23)25-5)17(22)11-27-20(24)16-7-6-10-26-16/h6-10,15H,11H2,1-5H3. The Balaban J connectivity index is 2.33. The molecule has 0 radical (unpaired) electrons. The zero-order valence-electron chi connectivity index (χ0n) is 16.1. The topological polar surface area (TPSA) is 76.8 Å². The van der Waals surface area contributed by atoms with Gasteiger partial charge in [0.15, 0.2) is 5.76 Å². The number of furan rings is 1. The van der Waals surface area contributed by atoms with Crippen LogP contribution in [0.4, 0.5) is 5.69 Å². The largest absolute Gasteiger partial charge is 0.467 e. The number of aryl methyl sites for hydroxylation is 2. The molecule has 7 heteroatoms. The van der Waals surface area contributed by atoms with E-state index in [0.717, 1.165) is 28.5 Å². The summed E-state index contributed by atoms with van der Waals surface area (Å²) in [6, 6.07) is 6.21. The van der Waals surface area contributed by atoms with E-state index in [1.54, 1.807) is 19.1 Å². The number of hydrogen-bond acceptors (Lipinski definition) is 6. The predicted molar refractivity (Wildman–Crippen MR) is 105 cm³/mol. The lowest BCUT2D eigenvalue weighted by Gasteiger charge is -2.31. The number of nitrogens with zero attached hydrogens (tertiary/aromatic N) is 1. The van der Waals surface area contributed by atoms with Crippen molar-refractivity contribution < 1.29 is 23.5 Å². The molecule has 1 atom stereocenters. The maximum absolute atomic E-state index is 13.0. The molecule has 0 aliphatic rings. The molecule has 0 saturated carbocycles. The number of rotatable bonds is 6. The number of esters is 1. The van der Waals surface area contributed by atoms with E-state index in [4.69, 9.17) is 9.15 Å². The van der Waals surface area contributed by atoms with Gasteiger partial charge in [0.05, 0.1) is 24.8 Å². The molecule has 1 aromatic heterocycles. The van der Waals surface area contributed by atoms with Gasteiger partial charge in [0.25, 0.3) is 5.12 Å². The van der Waals surface area contributed by atoms with E-state index in [1.807, 2.05) is 32.9 Å². The average molecular weight is 389 g/mol. The molecule has 2 rings (SSSR count). The minimum absolute atomic E-state index is 0.117. The Hall–Kier alpha value is -2.54. The Morgan fingerprint density at radius 2 is 1.81 bits per heavy atom. The maximum Gasteiger partial charge on any atom is 0.328 e. The molecule has 0 aliphatic carbocycles. The summed E-state index contributed by atoms with van der Waals surface area (Å²) in [7, 11) is 1.28. The Bertz CT molecular complexity index is 844. The van der Waals surface area contributed by atoms with Crippen molar-refractivity contribution in [3.63, 3.8) is 0 Å². The van der Waals surface area contributed by atoms with E-state index >= 15 is 0 Å². The summed E-state index contributed by atoms with van der Waals surface area (Å²) in [5.41, 5.74) is 3.44. The van der Waals surface area contributed by atoms with Crippen LogP contribution in [-0.4, -0.2) is 35.9 Å². The molecule has 1 heterocycles. The third-order valence-corrected chi connectivity index (χ3v) is 5.25. The van der Waals surface area contributed by atoms with Gasteiger partial charge in [-0.1, -0.05) is 23.9 Å². The van der Waals surface area contributed by atoms with Crippen molar-refractivity contribution in [3.8, 4) is 0 Å². The fourth-order valence-electron chi connectivity index (χ4n) is 2.78. The molecule has 1 amide bonds. The highest BCUT2D eigenvalue weighted by molar-refractivity contribution is 8.14. The molecule has 1 aromatic carbocycles. The molecular formula is C20H23NO5S. The molecule has 0 bridgehead atoms. The number of benzene rings is 1. The molecule has 0 aliphatic heterocycles. The van der Waals surface area contributed by atoms with Crippen LogP contribution in [-0.2, 0) is 14.3 Å². The van der Waals surface area contributed by atoms with Crippen LogP contribution in [0.15, 0.2) is 34.9 Å². The van der Waals surface area contributed by atoms with Gasteiger partial charge in [-0.15, -0.1) is 0 Å². The van der Waals surface area contributed by atoms with Crippen LogP contribution in [0.2, 0.25) is 0 Å². The maximum atomic E-state index is 13.0. The Labute approximate surface area is 162 Å². The molecule has 0 saturated heterocycles. The van der Waals surface area contributed by atoms with Crippen LogP contribution in [0.3, 0.4) is 0 Å². The van der Waals surface area contributed by atoms with Crippen LogP contribution in [0.5, 0.6) is 0 Å². The highest BCUT2D eigenvalue weighted by atomic mass is 32.2. The average Bonchev–Trinajstić information content (AvgIpc) is 3.19. The number of carbonyl (C=O) groups excluding carboxylic acids is 3. The summed E-state index contributed by atoms with van der Waals surface area (Å²) in [6.45, 7) is 7.35. The van der Waals surface area contributed by atoms with Gasteiger partial charge in [-0.2, -0.15) is 0 Å².